The zero-order valence-corrected chi connectivity index (χ0v) is 28.0. The molecule has 0 saturated heterocycles. The van der Waals surface area contributed by atoms with Crippen LogP contribution in [0.15, 0.2) is 121 Å². The Labute approximate surface area is 258 Å². The third-order valence-electron chi connectivity index (χ3n) is 8.96. The number of halogens is 2. The van der Waals surface area contributed by atoms with Crippen LogP contribution in [0.5, 0.6) is 0 Å². The predicted octanol–water partition coefficient (Wildman–Crippen LogP) is 1.33. The van der Waals surface area contributed by atoms with Crippen LogP contribution in [0.2, 0.25) is 12.1 Å². The van der Waals surface area contributed by atoms with E-state index in [0.29, 0.717) is 9.54 Å². The fourth-order valence-electron chi connectivity index (χ4n) is 7.24. The van der Waals surface area contributed by atoms with Gasteiger partial charge in [0.2, 0.25) is 0 Å². The summed E-state index contributed by atoms with van der Waals surface area (Å²) in [5.41, 5.74) is 19.6. The fraction of sp³-hybridized carbons (Fsp3) is 0.176. The molecule has 0 aromatic heterocycles. The monoisotopic (exact) mass is 652 g/mol. The Balaban J connectivity index is 0.00000138. The summed E-state index contributed by atoms with van der Waals surface area (Å²) in [6.45, 7) is 4.92. The Hall–Kier alpha value is -1.74. The number of benzene rings is 2. The van der Waals surface area contributed by atoms with Crippen LogP contribution in [0.1, 0.15) is 28.6 Å². The van der Waals surface area contributed by atoms with Crippen molar-refractivity contribution in [3.05, 3.63) is 133 Å². The molecule has 0 nitrogen and oxygen atoms in total. The maximum Gasteiger partial charge on any atom is -1.00 e. The van der Waals surface area contributed by atoms with Gasteiger partial charge >= 0.3 is 236 Å². The van der Waals surface area contributed by atoms with Gasteiger partial charge in [0, 0.05) is 0 Å². The van der Waals surface area contributed by atoms with Gasteiger partial charge in [0.05, 0.1) is 0 Å². The van der Waals surface area contributed by atoms with Crippen molar-refractivity contribution in [1.82, 2.24) is 0 Å². The van der Waals surface area contributed by atoms with Gasteiger partial charge in [-0.15, -0.1) is 0 Å². The SMILES string of the molecule is CC1=Cc2c(-c3ccccc3)cccc2[CH]1[Zr+2][C]1=C(C)/C2=[Si]3C=C/[Si](=C4\C=C5C=CC=CC5C2=C14)CC/3.[Cl-].[Cl-]. The Morgan fingerprint density at radius 2 is 1.64 bits per heavy atom. The van der Waals surface area contributed by atoms with E-state index in [1.165, 1.54) is 28.8 Å². The van der Waals surface area contributed by atoms with Gasteiger partial charge in [-0.2, -0.15) is 0 Å². The van der Waals surface area contributed by atoms with Crippen LogP contribution < -0.4 is 24.8 Å². The van der Waals surface area contributed by atoms with E-state index in [9.17, 15) is 0 Å². The summed E-state index contributed by atoms with van der Waals surface area (Å²) in [6.07, 6.45) is 14.6. The number of hydrogen-bond donors (Lipinski definition) is 0. The molecule has 5 heteroatoms. The molecule has 2 unspecified atom stereocenters. The minimum Gasteiger partial charge on any atom is -1.00 e. The number of fused-ring (bicyclic) bond motifs is 3. The van der Waals surface area contributed by atoms with E-state index >= 15 is 0 Å². The van der Waals surface area contributed by atoms with Crippen LogP contribution in [0.3, 0.4) is 0 Å². The number of rotatable bonds is 3. The molecule has 2 aromatic carbocycles. The Bertz CT molecular complexity index is 1710. The van der Waals surface area contributed by atoms with Crippen molar-refractivity contribution in [3.63, 3.8) is 0 Å². The van der Waals surface area contributed by atoms with Gasteiger partial charge in [0.25, 0.3) is 0 Å². The average Bonchev–Trinajstić information content (AvgIpc) is 3.44. The Morgan fingerprint density at radius 3 is 2.44 bits per heavy atom. The molecule has 3 heterocycles. The first kappa shape index (κ1) is 27.4. The topological polar surface area (TPSA) is 0 Å². The van der Waals surface area contributed by atoms with Crippen molar-refractivity contribution in [2.24, 2.45) is 5.92 Å². The molecular formula is C34H28Cl2Si2Zr. The predicted molar refractivity (Wildman–Crippen MR) is 158 cm³/mol. The first-order valence-electron chi connectivity index (χ1n) is 13.5. The molecule has 6 bridgehead atoms. The first-order valence-corrected chi connectivity index (χ1v) is 19.7. The van der Waals surface area contributed by atoms with E-state index < -0.39 is 40.1 Å². The summed E-state index contributed by atoms with van der Waals surface area (Å²) in [6, 6.07) is 20.9. The van der Waals surface area contributed by atoms with Crippen LogP contribution in [-0.2, 0) is 23.2 Å². The molecule has 0 N–H and O–H groups in total. The second-order valence-corrected chi connectivity index (χ2v) is 19.1. The summed E-state index contributed by atoms with van der Waals surface area (Å²) in [4.78, 5) is 0. The molecule has 2 atom stereocenters. The Morgan fingerprint density at radius 1 is 0.846 bits per heavy atom. The van der Waals surface area contributed by atoms with Gasteiger partial charge in [-0.3, -0.25) is 0 Å². The molecule has 9 rings (SSSR count). The van der Waals surface area contributed by atoms with E-state index in [2.05, 4.69) is 110 Å². The molecule has 3 aliphatic heterocycles. The van der Waals surface area contributed by atoms with Crippen LogP contribution in [0.25, 0.3) is 17.2 Å². The summed E-state index contributed by atoms with van der Waals surface area (Å²) in [7, 11) is -1.20. The molecule has 0 radical (unpaired) electrons. The number of hydrogen-bond acceptors (Lipinski definition) is 0. The largest absolute Gasteiger partial charge is 1.00 e. The molecule has 0 fully saturated rings. The van der Waals surface area contributed by atoms with Gasteiger partial charge in [0.15, 0.2) is 0 Å². The molecule has 0 saturated carbocycles. The molecule has 7 aliphatic rings. The molecule has 0 amide bonds. The van der Waals surface area contributed by atoms with Crippen LogP contribution in [0.4, 0.5) is 0 Å². The van der Waals surface area contributed by atoms with Crippen LogP contribution in [0, 0.1) is 5.92 Å². The van der Waals surface area contributed by atoms with Crippen LogP contribution >= 0.6 is 0 Å². The van der Waals surface area contributed by atoms with E-state index in [0.717, 1.165) is 0 Å². The summed E-state index contributed by atoms with van der Waals surface area (Å²) in [5.74, 6) is 0.482. The third-order valence-corrected chi connectivity index (χ3v) is 19.7. The maximum absolute atomic E-state index is 2.70. The molecule has 0 spiro atoms. The van der Waals surface area contributed by atoms with Crippen LogP contribution in [-0.4, -0.2) is 27.2 Å². The standard InChI is InChI=1S/C18H15Si2.C16H13.2ClH.Zr/c1-12-10-15-16-11-13-4-2-3-5-14(13)17(15)18(12)20-8-6-19(16)7-9-20;1-12-10-14-8-5-9-15(16(14)11-12)13-6-3-2-4-7-13;;;/h2-6,8,11,14H,7,9H2,1H3;2-11H,1H3;2*1H;/q;;;;+2/p-2/b19-16-,20-18+;;;;. The molecule has 4 aliphatic carbocycles. The van der Waals surface area contributed by atoms with Gasteiger partial charge in [-0.25, -0.2) is 0 Å². The average molecular weight is 655 g/mol. The minimum absolute atomic E-state index is 0. The van der Waals surface area contributed by atoms with Crippen molar-refractivity contribution in [1.29, 1.82) is 0 Å². The summed E-state index contributed by atoms with van der Waals surface area (Å²) in [5, 5.41) is 3.55. The van der Waals surface area contributed by atoms with E-state index in [1.54, 1.807) is 43.8 Å². The zero-order chi connectivity index (χ0) is 24.7. The first-order chi connectivity index (χ1) is 18.2. The number of allylic oxidation sites excluding steroid dienone is 11. The smallest absolute Gasteiger partial charge is 1.00 e. The second-order valence-electron chi connectivity index (χ2n) is 11.0. The minimum atomic E-state index is -0.942. The van der Waals surface area contributed by atoms with Crippen molar-refractivity contribution < 1.29 is 48.0 Å². The van der Waals surface area contributed by atoms with Crippen molar-refractivity contribution >= 4 is 33.2 Å². The third kappa shape index (κ3) is 4.15. The normalized spacial score (nSPS) is 26.7. The van der Waals surface area contributed by atoms with Gasteiger partial charge in [-0.1, -0.05) is 0 Å². The molecule has 39 heavy (non-hydrogen) atoms. The van der Waals surface area contributed by atoms with Crippen molar-refractivity contribution in [3.8, 4) is 11.1 Å². The van der Waals surface area contributed by atoms with Crippen molar-refractivity contribution in [2.75, 3.05) is 0 Å². The summed E-state index contributed by atoms with van der Waals surface area (Å²) < 4.78 is 2.47. The van der Waals surface area contributed by atoms with E-state index in [4.69, 9.17) is 0 Å². The van der Waals surface area contributed by atoms with E-state index in [1.807, 2.05) is 3.28 Å². The van der Waals surface area contributed by atoms with Gasteiger partial charge in [-0.05, 0) is 0 Å². The maximum atomic E-state index is 2.70. The Kier molecular flexibility index (Phi) is 7.44. The van der Waals surface area contributed by atoms with Crippen molar-refractivity contribution in [2.45, 2.75) is 29.6 Å². The molecular weight excluding hydrogens is 627 g/mol. The quantitative estimate of drug-likeness (QED) is 0.439. The van der Waals surface area contributed by atoms with E-state index in [-0.39, 0.29) is 24.8 Å². The second kappa shape index (κ2) is 10.6. The summed E-state index contributed by atoms with van der Waals surface area (Å²) >= 11 is -0.942. The molecule has 2 aromatic rings. The fourth-order valence-corrected chi connectivity index (χ4v) is 19.3. The molecule has 190 valence electrons. The van der Waals surface area contributed by atoms with Gasteiger partial charge < -0.3 is 24.8 Å². The zero-order valence-electron chi connectivity index (χ0n) is 22.1. The van der Waals surface area contributed by atoms with Gasteiger partial charge in [0.1, 0.15) is 0 Å².